The molecule has 39 heavy (non-hydrogen) atoms. The van der Waals surface area contributed by atoms with Crippen molar-refractivity contribution in [3.05, 3.63) is 72.8 Å². The highest BCUT2D eigenvalue weighted by molar-refractivity contribution is 6.06. The molecule has 0 bridgehead atoms. The molecule has 5 aromatic rings. The molecule has 0 atom stereocenters. The minimum Gasteiger partial charge on any atom is -0.507 e. The second-order valence-electron chi connectivity index (χ2n) is 10.3. The molecule has 0 amide bonds. The van der Waals surface area contributed by atoms with Crippen LogP contribution in [0.15, 0.2) is 77.2 Å². The number of para-hydroxylation sites is 2. The van der Waals surface area contributed by atoms with Crippen molar-refractivity contribution in [2.75, 3.05) is 6.61 Å². The van der Waals surface area contributed by atoms with Gasteiger partial charge >= 0.3 is 0 Å². The van der Waals surface area contributed by atoms with Gasteiger partial charge in [0.1, 0.15) is 16.9 Å². The lowest BCUT2D eigenvalue weighted by Gasteiger charge is -2.11. The molecular weight excluding hydrogens is 484 g/mol. The third kappa shape index (κ3) is 6.78. The Morgan fingerprint density at radius 2 is 1.38 bits per heavy atom. The van der Waals surface area contributed by atoms with Gasteiger partial charge in [0.05, 0.1) is 17.9 Å². The van der Waals surface area contributed by atoms with Crippen molar-refractivity contribution in [3.8, 4) is 34.3 Å². The van der Waals surface area contributed by atoms with Crippen LogP contribution in [0.25, 0.3) is 44.6 Å². The molecule has 0 saturated carbocycles. The molecule has 0 unspecified atom stereocenters. The third-order valence-corrected chi connectivity index (χ3v) is 7.27. The molecule has 1 N–H and O–H groups in total. The lowest BCUT2D eigenvalue weighted by molar-refractivity contribution is 0.293. The van der Waals surface area contributed by atoms with Crippen LogP contribution in [-0.2, 0) is 0 Å². The number of fused-ring (bicyclic) bond motifs is 3. The van der Waals surface area contributed by atoms with Crippen LogP contribution in [0.4, 0.5) is 0 Å². The molecular formula is C34H38N2O3. The van der Waals surface area contributed by atoms with E-state index in [9.17, 15) is 5.11 Å². The lowest BCUT2D eigenvalue weighted by atomic mass is 10.1. The van der Waals surface area contributed by atoms with E-state index in [4.69, 9.17) is 14.1 Å². The second kappa shape index (κ2) is 13.3. The zero-order valence-electron chi connectivity index (χ0n) is 22.9. The minimum absolute atomic E-state index is 0.145. The maximum atomic E-state index is 10.5. The first-order valence-corrected chi connectivity index (χ1v) is 14.4. The van der Waals surface area contributed by atoms with Crippen LogP contribution in [0.5, 0.6) is 11.6 Å². The Balaban J connectivity index is 1.30. The van der Waals surface area contributed by atoms with E-state index in [1.54, 1.807) is 12.1 Å². The summed E-state index contributed by atoms with van der Waals surface area (Å²) in [6, 6.07) is 23.2. The highest BCUT2D eigenvalue weighted by Gasteiger charge is 2.14. The van der Waals surface area contributed by atoms with Crippen molar-refractivity contribution in [2.45, 2.75) is 71.1 Å². The zero-order chi connectivity index (χ0) is 26.9. The molecule has 0 spiro atoms. The van der Waals surface area contributed by atoms with Crippen LogP contribution in [-0.4, -0.2) is 21.7 Å². The van der Waals surface area contributed by atoms with Crippen molar-refractivity contribution >= 4 is 21.9 Å². The average Bonchev–Trinajstić information content (AvgIpc) is 3.34. The van der Waals surface area contributed by atoms with Crippen molar-refractivity contribution in [1.82, 2.24) is 9.97 Å². The summed E-state index contributed by atoms with van der Waals surface area (Å²) in [6.07, 6.45) is 12.8. The Bertz CT molecular complexity index is 1510. The number of ether oxygens (including phenoxy) is 1. The number of nitrogens with zero attached hydrogens (tertiary/aromatic N) is 2. The van der Waals surface area contributed by atoms with Gasteiger partial charge in [-0.1, -0.05) is 95.0 Å². The summed E-state index contributed by atoms with van der Waals surface area (Å²) in [4.78, 5) is 9.49. The normalized spacial score (nSPS) is 11.4. The van der Waals surface area contributed by atoms with Gasteiger partial charge in [0.15, 0.2) is 5.82 Å². The standard InChI is InChI=1S/C34H38N2O3/c1-2-3-4-5-6-7-8-9-10-15-22-38-33-24-29(35-34(36-33)27-17-11-13-18-30(27)37)25-20-21-32-28(23-25)26-16-12-14-19-31(26)39-32/h11-14,16-21,23-24,37H,2-10,15,22H2,1H3. The summed E-state index contributed by atoms with van der Waals surface area (Å²) in [7, 11) is 0. The minimum atomic E-state index is 0.145. The van der Waals surface area contributed by atoms with Gasteiger partial charge in [0.2, 0.25) is 5.88 Å². The number of phenols is 1. The molecule has 5 rings (SSSR count). The van der Waals surface area contributed by atoms with E-state index >= 15 is 0 Å². The maximum Gasteiger partial charge on any atom is 0.217 e. The van der Waals surface area contributed by atoms with Gasteiger partial charge in [0, 0.05) is 22.4 Å². The Labute approximate surface area is 230 Å². The molecule has 5 nitrogen and oxygen atoms in total. The molecule has 5 heteroatoms. The highest BCUT2D eigenvalue weighted by Crippen LogP contribution is 2.34. The highest BCUT2D eigenvalue weighted by atomic mass is 16.5. The Morgan fingerprint density at radius 3 is 2.18 bits per heavy atom. The first-order chi connectivity index (χ1) is 19.2. The van der Waals surface area contributed by atoms with Crippen LogP contribution < -0.4 is 4.74 Å². The number of hydrogen-bond acceptors (Lipinski definition) is 5. The van der Waals surface area contributed by atoms with E-state index in [-0.39, 0.29) is 5.75 Å². The second-order valence-corrected chi connectivity index (χ2v) is 10.3. The largest absolute Gasteiger partial charge is 0.507 e. The number of benzene rings is 3. The number of furan rings is 1. The van der Waals surface area contributed by atoms with Crippen molar-refractivity contribution in [1.29, 1.82) is 0 Å². The van der Waals surface area contributed by atoms with Gasteiger partial charge < -0.3 is 14.3 Å². The van der Waals surface area contributed by atoms with E-state index in [2.05, 4.69) is 24.0 Å². The molecule has 0 radical (unpaired) electrons. The van der Waals surface area contributed by atoms with E-state index < -0.39 is 0 Å². The number of hydrogen-bond donors (Lipinski definition) is 1. The predicted molar refractivity (Wildman–Crippen MR) is 159 cm³/mol. The number of aromatic nitrogens is 2. The summed E-state index contributed by atoms with van der Waals surface area (Å²) in [5, 5.41) is 12.6. The van der Waals surface area contributed by atoms with Gasteiger partial charge in [-0.25, -0.2) is 4.98 Å². The van der Waals surface area contributed by atoms with E-state index in [0.29, 0.717) is 23.9 Å². The van der Waals surface area contributed by atoms with Crippen LogP contribution in [0.1, 0.15) is 71.1 Å². The fraction of sp³-hybridized carbons (Fsp3) is 0.353. The van der Waals surface area contributed by atoms with Gasteiger partial charge in [-0.15, -0.1) is 0 Å². The van der Waals surface area contributed by atoms with Crippen LogP contribution >= 0.6 is 0 Å². The molecule has 0 saturated heterocycles. The summed E-state index contributed by atoms with van der Waals surface area (Å²) in [5.41, 5.74) is 3.97. The third-order valence-electron chi connectivity index (χ3n) is 7.27. The molecule has 2 aromatic heterocycles. The van der Waals surface area contributed by atoms with Gasteiger partial charge in [0.25, 0.3) is 0 Å². The van der Waals surface area contributed by atoms with Crippen molar-refractivity contribution < 1.29 is 14.3 Å². The monoisotopic (exact) mass is 522 g/mol. The van der Waals surface area contributed by atoms with Crippen molar-refractivity contribution in [3.63, 3.8) is 0 Å². The van der Waals surface area contributed by atoms with Crippen LogP contribution in [0.2, 0.25) is 0 Å². The van der Waals surface area contributed by atoms with Crippen LogP contribution in [0, 0.1) is 0 Å². The molecule has 0 fully saturated rings. The summed E-state index contributed by atoms with van der Waals surface area (Å²) >= 11 is 0. The molecule has 0 aliphatic carbocycles. The molecule has 0 aliphatic heterocycles. The quantitative estimate of drug-likeness (QED) is 0.147. The number of aromatic hydroxyl groups is 1. The smallest absolute Gasteiger partial charge is 0.217 e. The topological polar surface area (TPSA) is 68.4 Å². The fourth-order valence-corrected chi connectivity index (χ4v) is 5.08. The maximum absolute atomic E-state index is 10.5. The van der Waals surface area contributed by atoms with Crippen LogP contribution in [0.3, 0.4) is 0 Å². The zero-order valence-corrected chi connectivity index (χ0v) is 22.9. The summed E-state index contributed by atoms with van der Waals surface area (Å²) in [5.74, 6) is 1.11. The Kier molecular flexibility index (Phi) is 9.10. The predicted octanol–water partition coefficient (Wildman–Crippen LogP) is 9.72. The average molecular weight is 523 g/mol. The van der Waals surface area contributed by atoms with Crippen molar-refractivity contribution in [2.24, 2.45) is 0 Å². The Morgan fingerprint density at radius 1 is 0.692 bits per heavy atom. The number of rotatable bonds is 14. The molecule has 3 aromatic carbocycles. The summed E-state index contributed by atoms with van der Waals surface area (Å²) in [6.45, 7) is 2.87. The summed E-state index contributed by atoms with van der Waals surface area (Å²) < 4.78 is 12.1. The molecule has 202 valence electrons. The van der Waals surface area contributed by atoms with E-state index in [1.807, 2.05) is 48.5 Å². The number of unbranched alkanes of at least 4 members (excludes halogenated alkanes) is 9. The SMILES string of the molecule is CCCCCCCCCCCCOc1cc(-c2ccc3oc4ccccc4c3c2)nc(-c2ccccc2O)n1. The fourth-order valence-electron chi connectivity index (χ4n) is 5.08. The van der Waals surface area contributed by atoms with E-state index in [0.717, 1.165) is 46.0 Å². The lowest BCUT2D eigenvalue weighted by Crippen LogP contribution is -2.02. The van der Waals surface area contributed by atoms with Gasteiger partial charge in [-0.05, 0) is 42.8 Å². The van der Waals surface area contributed by atoms with E-state index in [1.165, 1.54) is 51.4 Å². The first-order valence-electron chi connectivity index (χ1n) is 14.4. The number of phenolic OH excluding ortho intramolecular Hbond substituents is 1. The first kappa shape index (κ1) is 26.7. The molecule has 0 aliphatic rings. The van der Waals surface area contributed by atoms with Gasteiger partial charge in [-0.2, -0.15) is 4.98 Å². The van der Waals surface area contributed by atoms with Gasteiger partial charge in [-0.3, -0.25) is 0 Å². The Hall–Kier alpha value is -3.86. The molecule has 2 heterocycles.